The first kappa shape index (κ1) is 25.1. The van der Waals surface area contributed by atoms with Crippen LogP contribution in [0.1, 0.15) is 34.6 Å². The Balaban J connectivity index is 0.00000363. The van der Waals surface area contributed by atoms with Crippen molar-refractivity contribution in [2.75, 3.05) is 6.54 Å². The first-order valence-electron chi connectivity index (χ1n) is 10.4. The maximum absolute atomic E-state index is 12.4. The number of phenolic OH excluding ortho intramolecular Hbond substituents is 1. The van der Waals surface area contributed by atoms with E-state index in [1.807, 2.05) is 37.3 Å². The second-order valence-corrected chi connectivity index (χ2v) is 7.70. The van der Waals surface area contributed by atoms with Crippen LogP contribution in [-0.4, -0.2) is 33.6 Å². The summed E-state index contributed by atoms with van der Waals surface area (Å²) in [4.78, 5) is 32.1. The second kappa shape index (κ2) is 12.0. The molecule has 8 heteroatoms. The van der Waals surface area contributed by atoms with E-state index < -0.39 is 6.04 Å². The summed E-state index contributed by atoms with van der Waals surface area (Å²) in [5.74, 6) is 0.0827. The Hall–Kier alpha value is -3.16. The minimum absolute atomic E-state index is 0. The molecule has 0 saturated carbocycles. The molecular weight excluding hydrogens is 428 g/mol. The number of quaternary nitrogens is 1. The molecule has 0 spiro atoms. The van der Waals surface area contributed by atoms with Gasteiger partial charge in [-0.2, -0.15) is 0 Å². The topological polar surface area (TPSA) is 123 Å². The number of hydrogen-bond acceptors (Lipinski definition) is 4. The van der Waals surface area contributed by atoms with Crippen molar-refractivity contribution in [2.45, 2.75) is 38.6 Å². The van der Waals surface area contributed by atoms with E-state index in [4.69, 9.17) is 0 Å². The van der Waals surface area contributed by atoms with E-state index >= 15 is 0 Å². The maximum Gasteiger partial charge on any atom is 0.278 e. The summed E-state index contributed by atoms with van der Waals surface area (Å²) in [6.07, 6.45) is 2.32. The van der Waals surface area contributed by atoms with Gasteiger partial charge in [-0.3, -0.25) is 14.6 Å². The lowest BCUT2D eigenvalue weighted by atomic mass is 10.1. The highest BCUT2D eigenvalue weighted by molar-refractivity contribution is 5.80. The summed E-state index contributed by atoms with van der Waals surface area (Å²) >= 11 is 0. The number of halogens is 1. The minimum Gasteiger partial charge on any atom is -1.00 e. The van der Waals surface area contributed by atoms with Crippen molar-refractivity contribution in [2.24, 2.45) is 0 Å². The van der Waals surface area contributed by atoms with Crippen LogP contribution in [0.4, 0.5) is 0 Å². The predicted molar refractivity (Wildman–Crippen MR) is 119 cm³/mol. The zero-order valence-electron chi connectivity index (χ0n) is 18.1. The molecule has 3 aromatic rings. The van der Waals surface area contributed by atoms with Crippen LogP contribution in [-0.2, 0) is 24.1 Å². The fourth-order valence-corrected chi connectivity index (χ4v) is 3.40. The third kappa shape index (κ3) is 7.21. The number of benzene rings is 2. The van der Waals surface area contributed by atoms with Crippen LogP contribution in [0.2, 0.25) is 0 Å². The number of aryl methyl sites for hydroxylation is 2. The standard InChI is InChI=1S/C24H28N4O3.ClH/c1-16-21(28-24(31)22(27-16)15-17-6-3-2-4-7-17)8-5-13-26-23(30)20(25)14-18-9-11-19(29)12-10-18;/h2-4,6-7,9-12,20,29H,5,8,13-15,25H2,1H3,(H,26,30)(H,28,31);1H/t20-;/m0./s1. The molecule has 170 valence electrons. The molecule has 0 aliphatic heterocycles. The van der Waals surface area contributed by atoms with Gasteiger partial charge in [-0.1, -0.05) is 42.5 Å². The van der Waals surface area contributed by atoms with Gasteiger partial charge in [0.15, 0.2) is 6.04 Å². The van der Waals surface area contributed by atoms with Crippen LogP contribution in [0.3, 0.4) is 0 Å². The van der Waals surface area contributed by atoms with Crippen molar-refractivity contribution < 1.29 is 28.0 Å². The van der Waals surface area contributed by atoms with Crippen molar-refractivity contribution >= 4 is 5.91 Å². The van der Waals surface area contributed by atoms with Gasteiger partial charge in [-0.05, 0) is 43.0 Å². The van der Waals surface area contributed by atoms with Gasteiger partial charge in [0.1, 0.15) is 11.4 Å². The lowest BCUT2D eigenvalue weighted by Crippen LogP contribution is -3.00. The highest BCUT2D eigenvalue weighted by Crippen LogP contribution is 2.11. The van der Waals surface area contributed by atoms with Crippen molar-refractivity contribution in [3.8, 4) is 5.75 Å². The quantitative estimate of drug-likeness (QED) is 0.286. The number of nitrogens with zero attached hydrogens (tertiary/aromatic N) is 1. The first-order chi connectivity index (χ1) is 14.9. The van der Waals surface area contributed by atoms with Crippen LogP contribution < -0.4 is 29.0 Å². The van der Waals surface area contributed by atoms with Gasteiger partial charge in [-0.15, -0.1) is 0 Å². The molecule has 1 atom stereocenters. The third-order valence-corrected chi connectivity index (χ3v) is 5.17. The summed E-state index contributed by atoms with van der Waals surface area (Å²) in [6.45, 7) is 2.38. The molecule has 1 amide bonds. The largest absolute Gasteiger partial charge is 1.00 e. The highest BCUT2D eigenvalue weighted by Gasteiger charge is 2.17. The number of carbonyl (C=O) groups is 1. The number of amides is 1. The summed E-state index contributed by atoms with van der Waals surface area (Å²) in [5, 5.41) is 12.2. The number of carbonyl (C=O) groups excluding carboxylic acids is 1. The molecule has 32 heavy (non-hydrogen) atoms. The van der Waals surface area contributed by atoms with Crippen LogP contribution in [0.15, 0.2) is 59.4 Å². The molecule has 0 bridgehead atoms. The van der Waals surface area contributed by atoms with E-state index in [0.29, 0.717) is 37.9 Å². The van der Waals surface area contributed by atoms with Gasteiger partial charge in [0.2, 0.25) is 0 Å². The Bertz CT molecular complexity index is 1070. The number of nitrogens with one attached hydrogen (secondary N) is 2. The molecule has 1 heterocycles. The molecule has 0 saturated heterocycles. The highest BCUT2D eigenvalue weighted by atomic mass is 35.5. The molecule has 0 aliphatic rings. The summed E-state index contributed by atoms with van der Waals surface area (Å²) in [7, 11) is 0. The first-order valence-corrected chi connectivity index (χ1v) is 10.4. The molecule has 6 N–H and O–H groups in total. The molecule has 7 nitrogen and oxygen atoms in total. The Morgan fingerprint density at radius 2 is 1.81 bits per heavy atom. The molecular formula is C24H29ClN4O3. The van der Waals surface area contributed by atoms with Gasteiger partial charge >= 0.3 is 0 Å². The van der Waals surface area contributed by atoms with E-state index in [9.17, 15) is 14.7 Å². The number of hydrogen-bond donors (Lipinski definition) is 4. The number of H-pyrrole nitrogens is 1. The van der Waals surface area contributed by atoms with Crippen LogP contribution in [0, 0.1) is 6.92 Å². The molecule has 0 unspecified atom stereocenters. The van der Waals surface area contributed by atoms with E-state index in [-0.39, 0.29) is 29.6 Å². The number of phenols is 1. The van der Waals surface area contributed by atoms with Gasteiger partial charge < -0.3 is 33.5 Å². The fourth-order valence-electron chi connectivity index (χ4n) is 3.40. The van der Waals surface area contributed by atoms with Gasteiger partial charge in [0.05, 0.1) is 5.69 Å². The number of aromatic hydroxyl groups is 1. The van der Waals surface area contributed by atoms with Crippen molar-refractivity contribution in [1.29, 1.82) is 0 Å². The smallest absolute Gasteiger partial charge is 0.278 e. The zero-order valence-corrected chi connectivity index (χ0v) is 18.9. The van der Waals surface area contributed by atoms with Crippen LogP contribution >= 0.6 is 0 Å². The number of aromatic amines is 1. The van der Waals surface area contributed by atoms with Gasteiger partial charge in [-0.25, -0.2) is 0 Å². The number of aromatic nitrogens is 2. The van der Waals surface area contributed by atoms with Gasteiger partial charge in [0, 0.05) is 25.1 Å². The maximum atomic E-state index is 12.4. The van der Waals surface area contributed by atoms with E-state index in [1.54, 1.807) is 24.3 Å². The van der Waals surface area contributed by atoms with E-state index in [0.717, 1.165) is 22.5 Å². The lowest BCUT2D eigenvalue weighted by molar-refractivity contribution is -0.403. The molecule has 0 fully saturated rings. The van der Waals surface area contributed by atoms with Crippen molar-refractivity contribution in [3.63, 3.8) is 0 Å². The molecule has 2 aromatic carbocycles. The molecule has 3 rings (SSSR count). The Morgan fingerprint density at radius 1 is 1.12 bits per heavy atom. The van der Waals surface area contributed by atoms with E-state index in [1.165, 1.54) is 0 Å². The Kier molecular flexibility index (Phi) is 9.43. The average Bonchev–Trinajstić information content (AvgIpc) is 2.76. The SMILES string of the molecule is Cc1nc(Cc2ccccc2)c(=O)[nH]c1CCCNC(=O)[C@@H]([NH3+])Cc1ccc(O)cc1.[Cl-]. The Morgan fingerprint density at radius 3 is 2.50 bits per heavy atom. The molecule has 0 radical (unpaired) electrons. The van der Waals surface area contributed by atoms with Crippen molar-refractivity contribution in [1.82, 2.24) is 15.3 Å². The zero-order chi connectivity index (χ0) is 22.2. The van der Waals surface area contributed by atoms with Gasteiger partial charge in [0.25, 0.3) is 11.5 Å². The summed E-state index contributed by atoms with van der Waals surface area (Å²) < 4.78 is 0. The van der Waals surface area contributed by atoms with E-state index in [2.05, 4.69) is 21.0 Å². The average molecular weight is 457 g/mol. The van der Waals surface area contributed by atoms with Crippen molar-refractivity contribution in [3.05, 3.63) is 93.2 Å². The lowest BCUT2D eigenvalue weighted by Gasteiger charge is -2.11. The third-order valence-electron chi connectivity index (χ3n) is 5.17. The minimum atomic E-state index is -0.412. The molecule has 1 aromatic heterocycles. The monoisotopic (exact) mass is 456 g/mol. The molecule has 0 aliphatic carbocycles. The second-order valence-electron chi connectivity index (χ2n) is 7.70. The summed E-state index contributed by atoms with van der Waals surface area (Å²) in [5.41, 5.74) is 7.87. The van der Waals surface area contributed by atoms with Crippen LogP contribution in [0.25, 0.3) is 0 Å². The number of rotatable bonds is 9. The van der Waals surface area contributed by atoms with Crippen LogP contribution in [0.5, 0.6) is 5.75 Å². The summed E-state index contributed by atoms with van der Waals surface area (Å²) in [6, 6.07) is 16.1. The Labute approximate surface area is 193 Å². The predicted octanol–water partition coefficient (Wildman–Crippen LogP) is -1.72. The fraction of sp³-hybridized carbons (Fsp3) is 0.292. The normalized spacial score (nSPS) is 11.4.